The highest BCUT2D eigenvalue weighted by Gasteiger charge is 2.27. The van der Waals surface area contributed by atoms with E-state index in [1.807, 2.05) is 0 Å². The Morgan fingerprint density at radius 2 is 2.10 bits per heavy atom. The van der Waals surface area contributed by atoms with Gasteiger partial charge in [0.2, 0.25) is 0 Å². The van der Waals surface area contributed by atoms with E-state index in [1.54, 1.807) is 6.33 Å². The lowest BCUT2D eigenvalue weighted by Gasteiger charge is -2.37. The molecule has 0 aromatic carbocycles. The summed E-state index contributed by atoms with van der Waals surface area (Å²) in [6, 6.07) is 0.578. The molecule has 2 atom stereocenters. The molecule has 1 aromatic heterocycles. The highest BCUT2D eigenvalue weighted by atomic mass is 79.9. The normalized spacial score (nSPS) is 22.6. The second kappa shape index (κ2) is 7.25. The van der Waals surface area contributed by atoms with E-state index in [-0.39, 0.29) is 0 Å². The van der Waals surface area contributed by atoms with Crippen LogP contribution in [-0.2, 0) is 0 Å². The highest BCUT2D eigenvalue weighted by molar-refractivity contribution is 9.10. The lowest BCUT2D eigenvalue weighted by molar-refractivity contribution is 0.320. The summed E-state index contributed by atoms with van der Waals surface area (Å²) in [5.74, 6) is 2.62. The first-order chi connectivity index (χ1) is 9.65. The first kappa shape index (κ1) is 15.5. The summed E-state index contributed by atoms with van der Waals surface area (Å²) >= 11 is 3.67. The number of anilines is 2. The Morgan fingerprint density at radius 1 is 1.35 bits per heavy atom. The molecule has 0 saturated heterocycles. The van der Waals surface area contributed by atoms with Gasteiger partial charge in [0.15, 0.2) is 0 Å². The molecule has 0 bridgehead atoms. The molecular weight excluding hydrogens is 316 g/mol. The van der Waals surface area contributed by atoms with E-state index in [2.05, 4.69) is 57.0 Å². The van der Waals surface area contributed by atoms with Gasteiger partial charge in [-0.1, -0.05) is 26.7 Å². The van der Waals surface area contributed by atoms with Crippen molar-refractivity contribution in [2.75, 3.05) is 23.8 Å². The van der Waals surface area contributed by atoms with Gasteiger partial charge in [-0.2, -0.15) is 0 Å². The summed E-state index contributed by atoms with van der Waals surface area (Å²) < 4.78 is 0.980. The topological polar surface area (TPSA) is 41.1 Å². The third-order valence-electron chi connectivity index (χ3n) is 4.21. The molecule has 0 radical (unpaired) electrons. The number of hydrogen-bond acceptors (Lipinski definition) is 4. The summed E-state index contributed by atoms with van der Waals surface area (Å²) in [5, 5.41) is 3.35. The van der Waals surface area contributed by atoms with Gasteiger partial charge in [-0.25, -0.2) is 9.97 Å². The predicted molar refractivity (Wildman–Crippen MR) is 88.3 cm³/mol. The van der Waals surface area contributed by atoms with Crippen molar-refractivity contribution in [1.82, 2.24) is 9.97 Å². The number of halogens is 1. The van der Waals surface area contributed by atoms with Gasteiger partial charge in [-0.15, -0.1) is 0 Å². The molecule has 5 heteroatoms. The highest BCUT2D eigenvalue weighted by Crippen LogP contribution is 2.34. The van der Waals surface area contributed by atoms with Gasteiger partial charge >= 0.3 is 0 Å². The van der Waals surface area contributed by atoms with Crippen LogP contribution in [0.2, 0.25) is 0 Å². The minimum atomic E-state index is 0.578. The zero-order chi connectivity index (χ0) is 14.5. The Bertz CT molecular complexity index is 438. The van der Waals surface area contributed by atoms with E-state index >= 15 is 0 Å². The molecule has 1 fully saturated rings. The third kappa shape index (κ3) is 3.43. The van der Waals surface area contributed by atoms with Crippen LogP contribution in [0, 0.1) is 5.92 Å². The fourth-order valence-electron chi connectivity index (χ4n) is 3.00. The predicted octanol–water partition coefficient (Wildman–Crippen LogP) is 4.08. The largest absolute Gasteiger partial charge is 0.369 e. The Morgan fingerprint density at radius 3 is 2.80 bits per heavy atom. The molecule has 0 amide bonds. The van der Waals surface area contributed by atoms with Crippen LogP contribution < -0.4 is 10.2 Å². The first-order valence-electron chi connectivity index (χ1n) is 7.62. The smallest absolute Gasteiger partial charge is 0.148 e. The number of hydrogen-bond donors (Lipinski definition) is 1. The van der Waals surface area contributed by atoms with Crippen molar-refractivity contribution in [2.24, 2.45) is 5.92 Å². The molecule has 0 aliphatic heterocycles. The van der Waals surface area contributed by atoms with Crippen molar-refractivity contribution < 1.29 is 0 Å². The number of aromatic nitrogens is 2. The van der Waals surface area contributed by atoms with E-state index in [9.17, 15) is 0 Å². The molecular formula is C15H25BrN4. The Kier molecular flexibility index (Phi) is 5.64. The van der Waals surface area contributed by atoms with Crippen LogP contribution in [-0.4, -0.2) is 29.6 Å². The monoisotopic (exact) mass is 340 g/mol. The number of nitrogens with zero attached hydrogens (tertiary/aromatic N) is 3. The van der Waals surface area contributed by atoms with E-state index in [0.29, 0.717) is 6.04 Å². The second-order valence-corrected chi connectivity index (χ2v) is 6.52. The quantitative estimate of drug-likeness (QED) is 0.876. The zero-order valence-electron chi connectivity index (χ0n) is 12.7. The Hall–Kier alpha value is -0.840. The van der Waals surface area contributed by atoms with Gasteiger partial charge < -0.3 is 10.2 Å². The van der Waals surface area contributed by atoms with Crippen molar-refractivity contribution in [3.8, 4) is 0 Å². The molecule has 1 aliphatic carbocycles. The molecule has 1 aromatic rings. The standard InChI is InChI=1S/C15H25BrN4/c1-4-9-17-14-13(16)15(19-10-18-14)20(3)12-8-6-5-7-11(12)2/h10-12H,4-9H2,1-3H3,(H,17,18,19). The van der Waals surface area contributed by atoms with Crippen LogP contribution in [0.25, 0.3) is 0 Å². The van der Waals surface area contributed by atoms with Gasteiger partial charge in [0, 0.05) is 19.6 Å². The minimum absolute atomic E-state index is 0.578. The van der Waals surface area contributed by atoms with E-state index in [1.165, 1.54) is 25.7 Å². The van der Waals surface area contributed by atoms with Crippen LogP contribution >= 0.6 is 15.9 Å². The summed E-state index contributed by atoms with van der Waals surface area (Å²) in [5.41, 5.74) is 0. The first-order valence-corrected chi connectivity index (χ1v) is 8.41. The molecule has 1 heterocycles. The maximum atomic E-state index is 4.48. The molecule has 2 unspecified atom stereocenters. The van der Waals surface area contributed by atoms with Crippen molar-refractivity contribution in [1.29, 1.82) is 0 Å². The summed E-state index contributed by atoms with van der Waals surface area (Å²) in [7, 11) is 2.16. The summed E-state index contributed by atoms with van der Waals surface area (Å²) in [6.07, 6.45) is 8.00. The molecule has 112 valence electrons. The SMILES string of the molecule is CCCNc1ncnc(N(C)C2CCCCC2C)c1Br. The van der Waals surface area contributed by atoms with Crippen molar-refractivity contribution >= 4 is 27.6 Å². The van der Waals surface area contributed by atoms with E-state index in [4.69, 9.17) is 0 Å². The Balaban J connectivity index is 2.18. The van der Waals surface area contributed by atoms with Crippen LogP contribution in [0.1, 0.15) is 46.0 Å². The van der Waals surface area contributed by atoms with Crippen molar-refractivity contribution in [3.05, 3.63) is 10.8 Å². The summed E-state index contributed by atoms with van der Waals surface area (Å²) in [6.45, 7) is 5.43. The zero-order valence-corrected chi connectivity index (χ0v) is 14.3. The summed E-state index contributed by atoms with van der Waals surface area (Å²) in [4.78, 5) is 11.1. The average Bonchev–Trinajstić information content (AvgIpc) is 2.46. The van der Waals surface area contributed by atoms with Gasteiger partial charge in [-0.05, 0) is 41.1 Å². The number of nitrogens with one attached hydrogen (secondary N) is 1. The molecule has 1 saturated carbocycles. The fourth-order valence-corrected chi connectivity index (χ4v) is 3.63. The maximum absolute atomic E-state index is 4.48. The average molecular weight is 341 g/mol. The van der Waals surface area contributed by atoms with Gasteiger partial charge in [0.25, 0.3) is 0 Å². The van der Waals surface area contributed by atoms with Gasteiger partial charge in [0.05, 0.1) is 0 Å². The minimum Gasteiger partial charge on any atom is -0.369 e. The maximum Gasteiger partial charge on any atom is 0.148 e. The molecule has 20 heavy (non-hydrogen) atoms. The molecule has 0 spiro atoms. The van der Waals surface area contributed by atoms with Gasteiger partial charge in [-0.3, -0.25) is 0 Å². The molecule has 1 aliphatic rings. The number of rotatable bonds is 5. The second-order valence-electron chi connectivity index (χ2n) is 5.73. The lowest BCUT2D eigenvalue weighted by Crippen LogP contribution is -2.39. The van der Waals surface area contributed by atoms with Crippen LogP contribution in [0.5, 0.6) is 0 Å². The fraction of sp³-hybridized carbons (Fsp3) is 0.733. The van der Waals surface area contributed by atoms with E-state index < -0.39 is 0 Å². The van der Waals surface area contributed by atoms with Crippen molar-refractivity contribution in [2.45, 2.75) is 52.0 Å². The van der Waals surface area contributed by atoms with Crippen LogP contribution in [0.4, 0.5) is 11.6 Å². The van der Waals surface area contributed by atoms with E-state index in [0.717, 1.165) is 35.0 Å². The molecule has 1 N–H and O–H groups in total. The lowest BCUT2D eigenvalue weighted by atomic mass is 9.85. The third-order valence-corrected chi connectivity index (χ3v) is 4.94. The van der Waals surface area contributed by atoms with Gasteiger partial charge in [0.1, 0.15) is 22.4 Å². The molecule has 2 rings (SSSR count). The Labute approximate surface area is 130 Å². The molecule has 4 nitrogen and oxygen atoms in total. The van der Waals surface area contributed by atoms with Crippen LogP contribution in [0.3, 0.4) is 0 Å². The van der Waals surface area contributed by atoms with Crippen LogP contribution in [0.15, 0.2) is 10.8 Å². The van der Waals surface area contributed by atoms with Crippen molar-refractivity contribution in [3.63, 3.8) is 0 Å².